The zero-order chi connectivity index (χ0) is 9.78. The Hall–Kier alpha value is -1.04. The summed E-state index contributed by atoms with van der Waals surface area (Å²) in [6.45, 7) is 0.482. The zero-order valence-electron chi connectivity index (χ0n) is 6.18. The van der Waals surface area contributed by atoms with E-state index in [4.69, 9.17) is 5.11 Å². The first kappa shape index (κ1) is 11.0. The molecular weight excluding hydrogens is 177 g/mol. The van der Waals surface area contributed by atoms with E-state index in [0.717, 1.165) is 0 Å². The average Bonchev–Trinajstić information content (AvgIpc) is 1.80. The first-order valence-electron chi connectivity index (χ1n) is 2.92. The Morgan fingerprint density at radius 2 is 2.08 bits per heavy atom. The van der Waals surface area contributed by atoms with Crippen molar-refractivity contribution in [2.24, 2.45) is 0 Å². The van der Waals surface area contributed by atoms with Gasteiger partial charge in [0, 0.05) is 6.08 Å². The van der Waals surface area contributed by atoms with Gasteiger partial charge in [-0.25, -0.2) is 4.79 Å². The highest BCUT2D eigenvalue weighted by atomic mass is 19.4. The van der Waals surface area contributed by atoms with Gasteiger partial charge < -0.3 is 5.11 Å². The summed E-state index contributed by atoms with van der Waals surface area (Å²) in [4.78, 5) is 9.92. The van der Waals surface area contributed by atoms with Gasteiger partial charge in [0.2, 0.25) is 0 Å². The van der Waals surface area contributed by atoms with Crippen molar-refractivity contribution in [1.29, 1.82) is 0 Å². The van der Waals surface area contributed by atoms with Crippen molar-refractivity contribution < 1.29 is 27.8 Å². The van der Waals surface area contributed by atoms with Gasteiger partial charge >= 0.3 is 12.3 Å². The Kier molecular flexibility index (Phi) is 3.75. The molecule has 70 valence electrons. The number of hydrogen-bond acceptors (Lipinski definition) is 2. The Morgan fingerprint density at radius 1 is 1.58 bits per heavy atom. The summed E-state index contributed by atoms with van der Waals surface area (Å²) >= 11 is 0. The maximum absolute atomic E-state index is 11.4. The number of carbonyl (C=O) groups is 1. The van der Waals surface area contributed by atoms with Crippen molar-refractivity contribution in [2.45, 2.75) is 13.3 Å². The van der Waals surface area contributed by atoms with Crippen LogP contribution >= 0.6 is 0 Å². The molecule has 0 aliphatic heterocycles. The first-order chi connectivity index (χ1) is 5.31. The maximum Gasteiger partial charge on any atom is 0.522 e. The Bertz CT molecular complexity index is 195. The minimum absolute atomic E-state index is 0.000162. The summed E-state index contributed by atoms with van der Waals surface area (Å²) in [7, 11) is 0. The number of halogens is 3. The molecule has 3 nitrogen and oxygen atoms in total. The van der Waals surface area contributed by atoms with Crippen molar-refractivity contribution in [3.63, 3.8) is 0 Å². The molecule has 0 aliphatic carbocycles. The molecule has 0 fully saturated rings. The molecule has 0 atom stereocenters. The van der Waals surface area contributed by atoms with Gasteiger partial charge in [0.25, 0.3) is 0 Å². The second kappa shape index (κ2) is 4.10. The number of alkyl halides is 3. The van der Waals surface area contributed by atoms with Crippen LogP contribution in [0.5, 0.6) is 0 Å². The largest absolute Gasteiger partial charge is 0.522 e. The Balaban J connectivity index is 3.87. The molecule has 0 aromatic rings. The molecule has 0 unspecified atom stereocenters. The number of carboxylic acids is 1. The van der Waals surface area contributed by atoms with E-state index >= 15 is 0 Å². The standard InChI is InChI=1S/C6H7F3O3/c1-4(2-5(10)11)3-12-6(7,8)9/h2H,3H2,1H3,(H,10,11). The van der Waals surface area contributed by atoms with Gasteiger partial charge in [-0.15, -0.1) is 13.2 Å². The predicted molar refractivity (Wildman–Crippen MR) is 33.4 cm³/mol. The minimum atomic E-state index is -4.71. The minimum Gasteiger partial charge on any atom is -0.478 e. The predicted octanol–water partition coefficient (Wildman–Crippen LogP) is 1.55. The lowest BCUT2D eigenvalue weighted by atomic mass is 10.3. The second-order valence-electron chi connectivity index (χ2n) is 2.06. The van der Waals surface area contributed by atoms with Crippen LogP contribution in [0.3, 0.4) is 0 Å². The molecule has 0 aromatic heterocycles. The van der Waals surface area contributed by atoms with Crippen LogP contribution < -0.4 is 0 Å². The lowest BCUT2D eigenvalue weighted by Crippen LogP contribution is -2.15. The number of aliphatic carboxylic acids is 1. The maximum atomic E-state index is 11.4. The number of ether oxygens (including phenoxy) is 1. The van der Waals surface area contributed by atoms with Crippen molar-refractivity contribution in [2.75, 3.05) is 6.61 Å². The van der Waals surface area contributed by atoms with Gasteiger partial charge in [-0.2, -0.15) is 0 Å². The lowest BCUT2D eigenvalue weighted by Gasteiger charge is -2.06. The van der Waals surface area contributed by atoms with E-state index in [0.29, 0.717) is 6.08 Å². The Morgan fingerprint density at radius 3 is 2.42 bits per heavy atom. The van der Waals surface area contributed by atoms with Gasteiger partial charge in [-0.3, -0.25) is 4.74 Å². The van der Waals surface area contributed by atoms with Crippen LogP contribution in [0.25, 0.3) is 0 Å². The molecule has 0 rings (SSSR count). The summed E-state index contributed by atoms with van der Waals surface area (Å²) in [5, 5.41) is 8.10. The van der Waals surface area contributed by atoms with Gasteiger partial charge in [-0.05, 0) is 12.5 Å². The number of carboxylic acid groups (broad SMARTS) is 1. The van der Waals surface area contributed by atoms with E-state index in [1.165, 1.54) is 6.92 Å². The highest BCUT2D eigenvalue weighted by Crippen LogP contribution is 2.16. The molecule has 12 heavy (non-hydrogen) atoms. The van der Waals surface area contributed by atoms with Crippen molar-refractivity contribution in [3.05, 3.63) is 11.6 Å². The molecule has 1 N–H and O–H groups in total. The van der Waals surface area contributed by atoms with Crippen LogP contribution in [-0.4, -0.2) is 24.0 Å². The number of hydrogen-bond donors (Lipinski definition) is 1. The van der Waals surface area contributed by atoms with Crippen molar-refractivity contribution >= 4 is 5.97 Å². The van der Waals surface area contributed by atoms with Crippen molar-refractivity contribution in [3.8, 4) is 0 Å². The molecule has 0 radical (unpaired) electrons. The van der Waals surface area contributed by atoms with Crippen LogP contribution in [0.2, 0.25) is 0 Å². The van der Waals surface area contributed by atoms with E-state index < -0.39 is 18.9 Å². The molecule has 0 heterocycles. The third-order valence-corrected chi connectivity index (χ3v) is 0.833. The number of rotatable bonds is 3. The molecule has 0 saturated carbocycles. The summed E-state index contributed by atoms with van der Waals surface area (Å²) in [5.74, 6) is -1.29. The average molecular weight is 184 g/mol. The molecule has 0 aliphatic rings. The molecule has 0 amide bonds. The van der Waals surface area contributed by atoms with Gasteiger partial charge in [0.15, 0.2) is 0 Å². The van der Waals surface area contributed by atoms with Crippen LogP contribution in [0.1, 0.15) is 6.92 Å². The Labute approximate surface area is 66.4 Å². The lowest BCUT2D eigenvalue weighted by molar-refractivity contribution is -0.320. The highest BCUT2D eigenvalue weighted by molar-refractivity contribution is 5.80. The quantitative estimate of drug-likeness (QED) is 0.677. The smallest absolute Gasteiger partial charge is 0.478 e. The fourth-order valence-corrected chi connectivity index (χ4v) is 0.448. The van der Waals surface area contributed by atoms with E-state index in [2.05, 4.69) is 4.74 Å². The zero-order valence-corrected chi connectivity index (χ0v) is 6.18. The summed E-state index contributed by atoms with van der Waals surface area (Å²) < 4.78 is 37.4. The summed E-state index contributed by atoms with van der Waals surface area (Å²) in [6.07, 6.45) is -4.06. The molecule has 6 heteroatoms. The van der Waals surface area contributed by atoms with E-state index in [9.17, 15) is 18.0 Å². The fourth-order valence-electron chi connectivity index (χ4n) is 0.448. The van der Waals surface area contributed by atoms with Gasteiger partial charge in [-0.1, -0.05) is 0 Å². The van der Waals surface area contributed by atoms with Gasteiger partial charge in [0.05, 0.1) is 6.61 Å². The summed E-state index contributed by atoms with van der Waals surface area (Å²) in [5.41, 5.74) is -0.000162. The molecular formula is C6H7F3O3. The second-order valence-corrected chi connectivity index (χ2v) is 2.06. The fraction of sp³-hybridized carbons (Fsp3) is 0.500. The summed E-state index contributed by atoms with van der Waals surface area (Å²) in [6, 6.07) is 0. The normalized spacial score (nSPS) is 13.2. The molecule has 0 spiro atoms. The van der Waals surface area contributed by atoms with E-state index in [1.54, 1.807) is 0 Å². The van der Waals surface area contributed by atoms with Crippen LogP contribution in [0, 0.1) is 0 Å². The third-order valence-electron chi connectivity index (χ3n) is 0.833. The van der Waals surface area contributed by atoms with E-state index in [-0.39, 0.29) is 5.57 Å². The molecule has 0 aromatic carbocycles. The highest BCUT2D eigenvalue weighted by Gasteiger charge is 2.28. The molecule has 0 bridgehead atoms. The van der Waals surface area contributed by atoms with E-state index in [1.807, 2.05) is 0 Å². The van der Waals surface area contributed by atoms with Gasteiger partial charge in [0.1, 0.15) is 0 Å². The van der Waals surface area contributed by atoms with Crippen LogP contribution in [-0.2, 0) is 9.53 Å². The third kappa shape index (κ3) is 7.07. The topological polar surface area (TPSA) is 46.5 Å². The SMILES string of the molecule is CC(=CC(=O)O)COC(F)(F)F. The molecule has 0 saturated heterocycles. The first-order valence-corrected chi connectivity index (χ1v) is 2.92. The van der Waals surface area contributed by atoms with Crippen LogP contribution in [0.15, 0.2) is 11.6 Å². The monoisotopic (exact) mass is 184 g/mol. The van der Waals surface area contributed by atoms with Crippen molar-refractivity contribution in [1.82, 2.24) is 0 Å². The van der Waals surface area contributed by atoms with Crippen LogP contribution in [0.4, 0.5) is 13.2 Å².